The Kier molecular flexibility index (Phi) is 4.59. The predicted octanol–water partition coefficient (Wildman–Crippen LogP) is 2.12. The quantitative estimate of drug-likeness (QED) is 0.575. The monoisotopic (exact) mass is 371 g/mol. The fraction of sp³-hybridized carbons (Fsp3) is 0.100. The van der Waals surface area contributed by atoms with Crippen LogP contribution >= 0.6 is 0 Å². The number of para-hydroxylation sites is 1. The highest BCUT2D eigenvalue weighted by atomic mass is 16.1. The zero-order valence-corrected chi connectivity index (χ0v) is 15.1. The first-order valence-corrected chi connectivity index (χ1v) is 8.67. The van der Waals surface area contributed by atoms with Crippen LogP contribution in [0.25, 0.3) is 28.3 Å². The summed E-state index contributed by atoms with van der Waals surface area (Å²) in [6, 6.07) is 17.5. The van der Waals surface area contributed by atoms with Gasteiger partial charge < -0.3 is 5.73 Å². The minimum absolute atomic E-state index is 0.0389. The van der Waals surface area contributed by atoms with Gasteiger partial charge in [-0.05, 0) is 29.5 Å². The van der Waals surface area contributed by atoms with Crippen molar-refractivity contribution in [3.05, 3.63) is 72.2 Å². The van der Waals surface area contributed by atoms with E-state index in [-0.39, 0.29) is 6.42 Å². The van der Waals surface area contributed by atoms with Crippen LogP contribution in [0.1, 0.15) is 11.4 Å². The van der Waals surface area contributed by atoms with Crippen LogP contribution in [0, 0.1) is 6.92 Å². The van der Waals surface area contributed by atoms with Crippen molar-refractivity contribution in [2.45, 2.75) is 13.3 Å². The smallest absolute Gasteiger partial charge is 0.225 e. The van der Waals surface area contributed by atoms with E-state index in [1.54, 1.807) is 10.9 Å². The third-order valence-electron chi connectivity index (χ3n) is 4.21. The average molecular weight is 371 g/mol. The molecule has 28 heavy (non-hydrogen) atoms. The number of hydrogen-bond acceptors (Lipinski definition) is 6. The van der Waals surface area contributed by atoms with E-state index in [9.17, 15) is 4.79 Å². The number of carbonyl (C=O) groups excluding carboxylic acids is 1. The van der Waals surface area contributed by atoms with E-state index < -0.39 is 5.91 Å². The van der Waals surface area contributed by atoms with Crippen LogP contribution in [0.5, 0.6) is 0 Å². The molecule has 0 saturated carbocycles. The first-order valence-electron chi connectivity index (χ1n) is 8.67. The third kappa shape index (κ3) is 3.48. The standard InChI is InChI=1S/C20H17N7O/c1-13-7-9-14(10-8-13)19-16(12-22-18(23-19)11-17(21)28)20-24-25-26-27(20)15-5-3-2-4-6-15/h2-10,12H,11H2,1H3,(H2,21,28). The fourth-order valence-corrected chi connectivity index (χ4v) is 2.85. The highest BCUT2D eigenvalue weighted by Gasteiger charge is 2.19. The lowest BCUT2D eigenvalue weighted by Gasteiger charge is -2.11. The number of carbonyl (C=O) groups is 1. The van der Waals surface area contributed by atoms with Gasteiger partial charge in [-0.15, -0.1) is 5.10 Å². The molecule has 0 saturated heterocycles. The topological polar surface area (TPSA) is 112 Å². The summed E-state index contributed by atoms with van der Waals surface area (Å²) in [5.74, 6) is 0.370. The highest BCUT2D eigenvalue weighted by molar-refractivity contribution is 5.79. The highest BCUT2D eigenvalue weighted by Crippen LogP contribution is 2.30. The predicted molar refractivity (Wildman–Crippen MR) is 103 cm³/mol. The minimum Gasteiger partial charge on any atom is -0.369 e. The van der Waals surface area contributed by atoms with E-state index in [0.717, 1.165) is 16.8 Å². The van der Waals surface area contributed by atoms with Crippen molar-refractivity contribution in [1.82, 2.24) is 30.2 Å². The van der Waals surface area contributed by atoms with Gasteiger partial charge in [-0.3, -0.25) is 4.79 Å². The van der Waals surface area contributed by atoms with E-state index >= 15 is 0 Å². The summed E-state index contributed by atoms with van der Waals surface area (Å²) in [6.07, 6.45) is 1.59. The number of rotatable bonds is 5. The molecule has 1 amide bonds. The van der Waals surface area contributed by atoms with Crippen molar-refractivity contribution in [3.63, 3.8) is 0 Å². The second-order valence-corrected chi connectivity index (χ2v) is 6.31. The molecule has 2 N–H and O–H groups in total. The molecule has 4 aromatic rings. The van der Waals surface area contributed by atoms with Crippen LogP contribution in [0.3, 0.4) is 0 Å². The molecule has 4 rings (SSSR count). The molecule has 0 aliphatic rings. The molecule has 0 unspecified atom stereocenters. The van der Waals surface area contributed by atoms with E-state index in [2.05, 4.69) is 25.5 Å². The molecule has 0 bridgehead atoms. The third-order valence-corrected chi connectivity index (χ3v) is 4.21. The van der Waals surface area contributed by atoms with Crippen molar-refractivity contribution in [1.29, 1.82) is 0 Å². The van der Waals surface area contributed by atoms with E-state index in [1.165, 1.54) is 0 Å². The summed E-state index contributed by atoms with van der Waals surface area (Å²) >= 11 is 0. The Morgan fingerprint density at radius 2 is 1.82 bits per heavy atom. The molecule has 2 aromatic carbocycles. The second kappa shape index (κ2) is 7.36. The largest absolute Gasteiger partial charge is 0.369 e. The van der Waals surface area contributed by atoms with Crippen molar-refractivity contribution in [2.24, 2.45) is 5.73 Å². The molecule has 0 atom stereocenters. The number of aryl methyl sites for hydroxylation is 1. The van der Waals surface area contributed by atoms with Crippen LogP contribution in [0.4, 0.5) is 0 Å². The van der Waals surface area contributed by atoms with Crippen LogP contribution in [-0.4, -0.2) is 36.1 Å². The van der Waals surface area contributed by atoms with Gasteiger partial charge in [0.25, 0.3) is 0 Å². The van der Waals surface area contributed by atoms with Crippen molar-refractivity contribution in [2.75, 3.05) is 0 Å². The van der Waals surface area contributed by atoms with E-state index in [0.29, 0.717) is 22.9 Å². The Labute approximate surface area is 161 Å². The molecule has 2 aromatic heterocycles. The fourth-order valence-electron chi connectivity index (χ4n) is 2.85. The maximum absolute atomic E-state index is 11.3. The second-order valence-electron chi connectivity index (χ2n) is 6.31. The maximum Gasteiger partial charge on any atom is 0.225 e. The number of tetrazole rings is 1. The Morgan fingerprint density at radius 3 is 2.54 bits per heavy atom. The Hall–Kier alpha value is -3.94. The molecular formula is C20H17N7O. The molecule has 138 valence electrons. The van der Waals surface area contributed by atoms with Crippen molar-refractivity contribution >= 4 is 5.91 Å². The lowest BCUT2D eigenvalue weighted by atomic mass is 10.0. The SMILES string of the molecule is Cc1ccc(-c2nc(CC(N)=O)ncc2-c2nnnn2-c2ccccc2)cc1. The van der Waals surface area contributed by atoms with Gasteiger partial charge in [-0.2, -0.15) is 4.68 Å². The average Bonchev–Trinajstić information content (AvgIpc) is 3.18. The molecule has 8 nitrogen and oxygen atoms in total. The van der Waals surface area contributed by atoms with Crippen molar-refractivity contribution in [3.8, 4) is 28.3 Å². The first kappa shape index (κ1) is 17.5. The minimum atomic E-state index is -0.489. The van der Waals surface area contributed by atoms with Gasteiger partial charge in [0, 0.05) is 11.8 Å². The molecule has 8 heteroatoms. The van der Waals surface area contributed by atoms with Crippen molar-refractivity contribution < 1.29 is 4.79 Å². The van der Waals surface area contributed by atoms with E-state index in [1.807, 2.05) is 61.5 Å². The van der Waals surface area contributed by atoms with Gasteiger partial charge in [-0.1, -0.05) is 48.0 Å². The molecule has 0 spiro atoms. The van der Waals surface area contributed by atoms with Gasteiger partial charge in [0.15, 0.2) is 5.82 Å². The number of benzene rings is 2. The van der Waals surface area contributed by atoms with Crippen LogP contribution < -0.4 is 5.73 Å². The zero-order valence-electron chi connectivity index (χ0n) is 15.1. The number of aromatic nitrogens is 6. The van der Waals surface area contributed by atoms with Gasteiger partial charge in [0.05, 0.1) is 23.4 Å². The molecular weight excluding hydrogens is 354 g/mol. The Balaban J connectivity index is 1.89. The number of nitrogens with zero attached hydrogens (tertiary/aromatic N) is 6. The van der Waals surface area contributed by atoms with Gasteiger partial charge in [0.1, 0.15) is 5.82 Å². The lowest BCUT2D eigenvalue weighted by Crippen LogP contribution is -2.16. The summed E-state index contributed by atoms with van der Waals surface area (Å²) in [7, 11) is 0. The van der Waals surface area contributed by atoms with Crippen LogP contribution in [-0.2, 0) is 11.2 Å². The Bertz CT molecular complexity index is 1120. The number of nitrogens with two attached hydrogens (primary N) is 1. The first-order chi connectivity index (χ1) is 13.6. The molecule has 0 fully saturated rings. The Morgan fingerprint density at radius 1 is 1.07 bits per heavy atom. The molecule has 2 heterocycles. The summed E-state index contributed by atoms with van der Waals surface area (Å²) in [6.45, 7) is 2.01. The summed E-state index contributed by atoms with van der Waals surface area (Å²) in [5.41, 5.74) is 9.43. The van der Waals surface area contributed by atoms with Crippen LogP contribution in [0.15, 0.2) is 60.8 Å². The normalized spacial score (nSPS) is 10.8. The molecule has 0 radical (unpaired) electrons. The summed E-state index contributed by atoms with van der Waals surface area (Å²) < 4.78 is 1.63. The van der Waals surface area contributed by atoms with Gasteiger partial charge in [0.2, 0.25) is 5.91 Å². The van der Waals surface area contributed by atoms with Gasteiger partial charge in [-0.25, -0.2) is 9.97 Å². The van der Waals surface area contributed by atoms with Crippen LogP contribution in [0.2, 0.25) is 0 Å². The number of amides is 1. The lowest BCUT2D eigenvalue weighted by molar-refractivity contribution is -0.117. The molecule has 0 aliphatic heterocycles. The number of primary amides is 1. The van der Waals surface area contributed by atoms with E-state index in [4.69, 9.17) is 5.73 Å². The molecule has 0 aliphatic carbocycles. The van der Waals surface area contributed by atoms with Gasteiger partial charge >= 0.3 is 0 Å². The summed E-state index contributed by atoms with van der Waals surface area (Å²) in [5, 5.41) is 12.1. The number of hydrogen-bond donors (Lipinski definition) is 1. The summed E-state index contributed by atoms with van der Waals surface area (Å²) in [4.78, 5) is 20.2. The maximum atomic E-state index is 11.3. The zero-order chi connectivity index (χ0) is 19.5.